The van der Waals surface area contributed by atoms with Crippen LogP contribution in [0.4, 0.5) is 11.4 Å². The first-order valence-electron chi connectivity index (χ1n) is 8.43. The molecule has 1 aromatic carbocycles. The number of aromatic carboxylic acids is 1. The summed E-state index contributed by atoms with van der Waals surface area (Å²) in [6, 6.07) is 7.51. The van der Waals surface area contributed by atoms with Crippen LogP contribution in [0.3, 0.4) is 0 Å². The van der Waals surface area contributed by atoms with Crippen LogP contribution in [0.25, 0.3) is 0 Å². The number of nitrogens with one attached hydrogen (secondary N) is 1. The maximum atomic E-state index is 12.4. The SMILES string of the molecule is CCN1CCN(c2ccc(NS(=O)(=O)c3ccc(Cl)s3)cc2C(=O)O)CC1. The normalized spacial score (nSPS) is 15.7. The first-order valence-corrected chi connectivity index (χ1v) is 11.1. The van der Waals surface area contributed by atoms with Gasteiger partial charge in [0.25, 0.3) is 10.0 Å². The fourth-order valence-electron chi connectivity index (χ4n) is 3.00. The summed E-state index contributed by atoms with van der Waals surface area (Å²) in [5.74, 6) is -1.09. The molecule has 0 bridgehead atoms. The molecule has 2 aromatic rings. The van der Waals surface area contributed by atoms with E-state index in [0.717, 1.165) is 44.1 Å². The van der Waals surface area contributed by atoms with Crippen molar-refractivity contribution < 1.29 is 18.3 Å². The molecule has 1 fully saturated rings. The number of nitrogens with zero attached hydrogens (tertiary/aromatic N) is 2. The molecule has 0 saturated carbocycles. The number of carboxylic acids is 1. The van der Waals surface area contributed by atoms with Crippen molar-refractivity contribution in [3.8, 4) is 0 Å². The average molecular weight is 430 g/mol. The minimum Gasteiger partial charge on any atom is -0.478 e. The number of hydrogen-bond donors (Lipinski definition) is 2. The van der Waals surface area contributed by atoms with Crippen LogP contribution in [-0.2, 0) is 10.0 Å². The number of piperazine rings is 1. The van der Waals surface area contributed by atoms with Gasteiger partial charge in [-0.3, -0.25) is 4.72 Å². The van der Waals surface area contributed by atoms with Crippen LogP contribution in [0.5, 0.6) is 0 Å². The molecule has 1 aliphatic heterocycles. The van der Waals surface area contributed by atoms with Gasteiger partial charge in [0.15, 0.2) is 0 Å². The molecule has 1 aliphatic rings. The topological polar surface area (TPSA) is 90.0 Å². The lowest BCUT2D eigenvalue weighted by molar-refractivity contribution is 0.0697. The van der Waals surface area contributed by atoms with Crippen LogP contribution < -0.4 is 9.62 Å². The van der Waals surface area contributed by atoms with Crippen molar-refractivity contribution in [3.05, 3.63) is 40.2 Å². The minimum atomic E-state index is -3.81. The van der Waals surface area contributed by atoms with E-state index in [1.165, 1.54) is 18.2 Å². The largest absolute Gasteiger partial charge is 0.478 e. The van der Waals surface area contributed by atoms with Crippen LogP contribution in [0.15, 0.2) is 34.5 Å². The van der Waals surface area contributed by atoms with Gasteiger partial charge in [0.2, 0.25) is 0 Å². The lowest BCUT2D eigenvalue weighted by Crippen LogP contribution is -2.46. The summed E-state index contributed by atoms with van der Waals surface area (Å²) in [4.78, 5) is 16.1. The van der Waals surface area contributed by atoms with Crippen molar-refractivity contribution >= 4 is 50.3 Å². The smallest absolute Gasteiger partial charge is 0.337 e. The van der Waals surface area contributed by atoms with Crippen LogP contribution in [0.2, 0.25) is 4.34 Å². The van der Waals surface area contributed by atoms with Gasteiger partial charge in [-0.1, -0.05) is 18.5 Å². The minimum absolute atomic E-state index is 0.0733. The van der Waals surface area contributed by atoms with Gasteiger partial charge in [0.05, 0.1) is 15.6 Å². The molecule has 7 nitrogen and oxygen atoms in total. The van der Waals surface area contributed by atoms with E-state index >= 15 is 0 Å². The van der Waals surface area contributed by atoms with Crippen molar-refractivity contribution in [1.29, 1.82) is 0 Å². The summed E-state index contributed by atoms with van der Waals surface area (Å²) in [7, 11) is -3.81. The summed E-state index contributed by atoms with van der Waals surface area (Å²) < 4.78 is 27.7. The second kappa shape index (κ2) is 8.05. The Morgan fingerprint density at radius 2 is 1.93 bits per heavy atom. The maximum Gasteiger partial charge on any atom is 0.337 e. The zero-order chi connectivity index (χ0) is 19.6. The standard InChI is InChI=1S/C17H20ClN3O4S2/c1-2-20-7-9-21(10-8-20)14-4-3-12(11-13(14)17(22)23)19-27(24,25)16-6-5-15(18)26-16/h3-6,11,19H,2,7-10H2,1H3,(H,22,23). The molecule has 146 valence electrons. The molecule has 27 heavy (non-hydrogen) atoms. The molecule has 0 atom stereocenters. The first-order chi connectivity index (χ1) is 12.8. The highest BCUT2D eigenvalue weighted by Gasteiger charge is 2.23. The van der Waals surface area contributed by atoms with E-state index in [-0.39, 0.29) is 15.5 Å². The number of hydrogen-bond acceptors (Lipinski definition) is 6. The Balaban J connectivity index is 1.85. The lowest BCUT2D eigenvalue weighted by Gasteiger charge is -2.36. The highest BCUT2D eigenvalue weighted by Crippen LogP contribution is 2.30. The lowest BCUT2D eigenvalue weighted by atomic mass is 10.1. The molecular weight excluding hydrogens is 410 g/mol. The van der Waals surface area contributed by atoms with Gasteiger partial charge in [0, 0.05) is 31.9 Å². The average Bonchev–Trinajstić information content (AvgIpc) is 3.09. The monoisotopic (exact) mass is 429 g/mol. The van der Waals surface area contributed by atoms with Crippen LogP contribution in [0, 0.1) is 0 Å². The Morgan fingerprint density at radius 1 is 1.22 bits per heavy atom. The molecule has 0 unspecified atom stereocenters. The summed E-state index contributed by atoms with van der Waals surface area (Å²) >= 11 is 6.74. The van der Waals surface area contributed by atoms with Gasteiger partial charge in [-0.2, -0.15) is 0 Å². The molecule has 0 spiro atoms. The van der Waals surface area contributed by atoms with E-state index in [2.05, 4.69) is 16.5 Å². The second-order valence-electron chi connectivity index (χ2n) is 6.12. The number of carboxylic acid groups (broad SMARTS) is 1. The number of benzene rings is 1. The quantitative estimate of drug-likeness (QED) is 0.733. The predicted molar refractivity (Wildman–Crippen MR) is 108 cm³/mol. The molecule has 10 heteroatoms. The van der Waals surface area contributed by atoms with Crippen LogP contribution in [0.1, 0.15) is 17.3 Å². The third kappa shape index (κ3) is 4.55. The van der Waals surface area contributed by atoms with Crippen molar-refractivity contribution in [1.82, 2.24) is 4.90 Å². The van der Waals surface area contributed by atoms with E-state index in [1.54, 1.807) is 12.1 Å². The Labute approximate surface area is 167 Å². The number of sulfonamides is 1. The third-order valence-electron chi connectivity index (χ3n) is 4.45. The highest BCUT2D eigenvalue weighted by molar-refractivity contribution is 7.94. The second-order valence-corrected chi connectivity index (χ2v) is 9.75. The number of carbonyl (C=O) groups is 1. The number of rotatable bonds is 6. The Hall–Kier alpha value is -1.81. The van der Waals surface area contributed by atoms with Gasteiger partial charge < -0.3 is 14.9 Å². The van der Waals surface area contributed by atoms with Crippen molar-refractivity contribution in [2.45, 2.75) is 11.1 Å². The van der Waals surface area contributed by atoms with E-state index < -0.39 is 16.0 Å². The highest BCUT2D eigenvalue weighted by atomic mass is 35.5. The first kappa shape index (κ1) is 19.9. The number of thiophene rings is 1. The molecule has 1 saturated heterocycles. The van der Waals surface area contributed by atoms with E-state index in [9.17, 15) is 18.3 Å². The molecular formula is C17H20ClN3O4S2. The molecule has 1 aromatic heterocycles. The fraction of sp³-hybridized carbons (Fsp3) is 0.353. The van der Waals surface area contributed by atoms with E-state index in [0.29, 0.717) is 10.0 Å². The zero-order valence-electron chi connectivity index (χ0n) is 14.7. The van der Waals surface area contributed by atoms with Gasteiger partial charge in [-0.15, -0.1) is 11.3 Å². The van der Waals surface area contributed by atoms with Crippen molar-refractivity contribution in [2.75, 3.05) is 42.3 Å². The molecule has 0 aliphatic carbocycles. The molecule has 0 radical (unpaired) electrons. The fourth-order valence-corrected chi connectivity index (χ4v) is 5.53. The van der Waals surface area contributed by atoms with Gasteiger partial charge in [-0.25, -0.2) is 13.2 Å². The van der Waals surface area contributed by atoms with Crippen LogP contribution >= 0.6 is 22.9 Å². The number of anilines is 2. The number of likely N-dealkylation sites (N-methyl/N-ethyl adjacent to an activating group) is 1. The van der Waals surface area contributed by atoms with Crippen molar-refractivity contribution in [2.24, 2.45) is 0 Å². The molecule has 2 heterocycles. The molecule has 0 amide bonds. The Morgan fingerprint density at radius 3 is 2.48 bits per heavy atom. The molecule has 3 rings (SSSR count). The zero-order valence-corrected chi connectivity index (χ0v) is 17.1. The van der Waals surface area contributed by atoms with E-state index in [4.69, 9.17) is 11.6 Å². The summed E-state index contributed by atoms with van der Waals surface area (Å²) in [5, 5.41) is 9.61. The van der Waals surface area contributed by atoms with Crippen LogP contribution in [-0.4, -0.2) is 57.1 Å². The summed E-state index contributed by atoms with van der Waals surface area (Å²) in [6.45, 7) is 6.25. The molecule has 2 N–H and O–H groups in total. The Kier molecular flexibility index (Phi) is 5.95. The van der Waals surface area contributed by atoms with Gasteiger partial charge >= 0.3 is 5.97 Å². The number of halogens is 1. The predicted octanol–water partition coefficient (Wildman–Crippen LogP) is 3.04. The Bertz CT molecular complexity index is 937. The van der Waals surface area contributed by atoms with Gasteiger partial charge in [0.1, 0.15) is 4.21 Å². The van der Waals surface area contributed by atoms with Gasteiger partial charge in [-0.05, 0) is 36.9 Å². The summed E-state index contributed by atoms with van der Waals surface area (Å²) in [5.41, 5.74) is 0.873. The maximum absolute atomic E-state index is 12.4. The third-order valence-corrected chi connectivity index (χ3v) is 7.56. The summed E-state index contributed by atoms with van der Waals surface area (Å²) in [6.07, 6.45) is 0. The van der Waals surface area contributed by atoms with Crippen molar-refractivity contribution in [3.63, 3.8) is 0 Å². The van der Waals surface area contributed by atoms with E-state index in [1.807, 2.05) is 4.90 Å².